The number of alkyl halides is 3. The number of benzene rings is 2. The second-order valence-corrected chi connectivity index (χ2v) is 11.1. The molecule has 0 saturated carbocycles. The summed E-state index contributed by atoms with van der Waals surface area (Å²) in [5.74, 6) is -2.83. The Bertz CT molecular complexity index is 1460. The Morgan fingerprint density at radius 1 is 1.03 bits per heavy atom. The largest absolute Gasteiger partial charge is 0.416 e. The van der Waals surface area contributed by atoms with Crippen LogP contribution in [0.25, 0.3) is 5.57 Å². The highest BCUT2D eigenvalue weighted by molar-refractivity contribution is 8.26. The smallest absolute Gasteiger partial charge is 0.325 e. The molecule has 0 bridgehead atoms. The van der Waals surface area contributed by atoms with Crippen molar-refractivity contribution in [2.45, 2.75) is 6.18 Å². The number of carbonyl (C=O) groups is 3. The van der Waals surface area contributed by atoms with Gasteiger partial charge in [0, 0.05) is 17.8 Å². The van der Waals surface area contributed by atoms with E-state index < -0.39 is 58.4 Å². The molecule has 2 aliphatic heterocycles. The van der Waals surface area contributed by atoms with Crippen molar-refractivity contribution in [3.05, 3.63) is 64.6 Å². The average Bonchev–Trinajstić information content (AvgIpc) is 3.23. The summed E-state index contributed by atoms with van der Waals surface area (Å²) >= 11 is 5.95. The molecule has 3 amide bonds. The van der Waals surface area contributed by atoms with Gasteiger partial charge in [0.25, 0.3) is 21.9 Å². The van der Waals surface area contributed by atoms with Crippen LogP contribution in [0.2, 0.25) is 0 Å². The van der Waals surface area contributed by atoms with Gasteiger partial charge in [0.2, 0.25) is 5.91 Å². The molecule has 15 heteroatoms. The first kappa shape index (κ1) is 26.8. The van der Waals surface area contributed by atoms with E-state index in [0.29, 0.717) is 11.3 Å². The minimum Gasteiger partial charge on any atom is -0.325 e. The topological polar surface area (TPSA) is 124 Å². The van der Waals surface area contributed by atoms with E-state index in [1.165, 1.54) is 0 Å². The lowest BCUT2D eigenvalue weighted by molar-refractivity contribution is -0.137. The minimum absolute atomic E-state index is 0.0000668. The SMILES string of the molecule is O=C(CN1C(=O)C(=C2SC(=S)N(CCS(=O)(=O)O)C2=O)c2ccccc21)Nc1ccc(C(F)(F)F)cc1. The molecule has 2 aliphatic rings. The number of nitrogens with one attached hydrogen (secondary N) is 1. The summed E-state index contributed by atoms with van der Waals surface area (Å²) in [6.07, 6.45) is -4.53. The summed E-state index contributed by atoms with van der Waals surface area (Å²) in [5, 5.41) is 2.44. The summed E-state index contributed by atoms with van der Waals surface area (Å²) in [5.41, 5.74) is -0.131. The second-order valence-electron chi connectivity index (χ2n) is 7.85. The van der Waals surface area contributed by atoms with Crippen molar-refractivity contribution >= 4 is 73.1 Å². The first-order chi connectivity index (χ1) is 17.3. The van der Waals surface area contributed by atoms with E-state index in [-0.39, 0.29) is 20.5 Å². The average molecular weight is 572 g/mol. The number of thiocarbonyl (C=S) groups is 1. The molecule has 0 aliphatic carbocycles. The second kappa shape index (κ2) is 9.89. The number of anilines is 2. The van der Waals surface area contributed by atoms with Gasteiger partial charge in [-0.3, -0.25) is 28.7 Å². The molecule has 1 fully saturated rings. The van der Waals surface area contributed by atoms with Crippen LogP contribution in [-0.2, 0) is 30.7 Å². The molecule has 2 N–H and O–H groups in total. The van der Waals surface area contributed by atoms with Crippen molar-refractivity contribution in [1.82, 2.24) is 4.90 Å². The van der Waals surface area contributed by atoms with E-state index in [2.05, 4.69) is 5.32 Å². The number of halogens is 3. The zero-order valence-corrected chi connectivity index (χ0v) is 20.9. The summed E-state index contributed by atoms with van der Waals surface area (Å²) in [6.45, 7) is -0.904. The Morgan fingerprint density at radius 2 is 1.68 bits per heavy atom. The van der Waals surface area contributed by atoms with Crippen molar-refractivity contribution < 1.29 is 40.5 Å². The fraction of sp³-hybridized carbons (Fsp3) is 0.182. The van der Waals surface area contributed by atoms with Gasteiger partial charge in [0.15, 0.2) is 0 Å². The first-order valence-electron chi connectivity index (χ1n) is 10.4. The van der Waals surface area contributed by atoms with Crippen LogP contribution < -0.4 is 10.2 Å². The van der Waals surface area contributed by atoms with Gasteiger partial charge >= 0.3 is 6.18 Å². The van der Waals surface area contributed by atoms with E-state index >= 15 is 0 Å². The van der Waals surface area contributed by atoms with Gasteiger partial charge in [-0.25, -0.2) is 0 Å². The highest BCUT2D eigenvalue weighted by atomic mass is 32.2. The zero-order chi connectivity index (χ0) is 27.1. The molecular weight excluding hydrogens is 555 g/mol. The molecule has 1 saturated heterocycles. The number of carbonyl (C=O) groups excluding carboxylic acids is 3. The number of thioether (sulfide) groups is 1. The number of para-hydroxylation sites is 1. The molecular formula is C22H16F3N3O6S3. The van der Waals surface area contributed by atoms with Gasteiger partial charge in [0.1, 0.15) is 10.9 Å². The maximum atomic E-state index is 13.4. The first-order valence-corrected chi connectivity index (χ1v) is 13.2. The quantitative estimate of drug-likeness (QED) is 0.308. The van der Waals surface area contributed by atoms with Gasteiger partial charge < -0.3 is 5.32 Å². The normalized spacial score (nSPS) is 18.0. The molecule has 37 heavy (non-hydrogen) atoms. The van der Waals surface area contributed by atoms with Gasteiger partial charge in [0.05, 0.1) is 27.5 Å². The van der Waals surface area contributed by atoms with Crippen LogP contribution in [0.5, 0.6) is 0 Å². The Morgan fingerprint density at radius 3 is 2.30 bits per heavy atom. The summed E-state index contributed by atoms with van der Waals surface area (Å²) in [4.78, 5) is 41.1. The van der Waals surface area contributed by atoms with Gasteiger partial charge in [-0.2, -0.15) is 21.6 Å². The van der Waals surface area contributed by atoms with Gasteiger partial charge in [-0.15, -0.1) is 0 Å². The number of rotatable bonds is 6. The van der Waals surface area contributed by atoms with Crippen LogP contribution in [0.15, 0.2) is 53.4 Å². The standard InChI is InChI=1S/C22H16F3N3O6S3/c23-22(24,25)12-5-7-13(8-6-12)26-16(29)11-28-15-4-2-1-3-14(15)17(19(28)30)18-20(31)27(21(35)36-18)9-10-37(32,33)34/h1-8H,9-11H2,(H,26,29)(H,32,33,34). The Balaban J connectivity index is 1.57. The molecule has 2 heterocycles. The Hall–Kier alpha value is -3.27. The molecule has 0 unspecified atom stereocenters. The van der Waals surface area contributed by atoms with Crippen LogP contribution >= 0.6 is 24.0 Å². The Labute approximate surface area is 218 Å². The highest BCUT2D eigenvalue weighted by Gasteiger charge is 2.42. The lowest BCUT2D eigenvalue weighted by atomic mass is 10.1. The fourth-order valence-electron chi connectivity index (χ4n) is 3.69. The van der Waals surface area contributed by atoms with Crippen molar-refractivity contribution in [3.8, 4) is 0 Å². The number of amides is 3. The third-order valence-electron chi connectivity index (χ3n) is 5.37. The summed E-state index contributed by atoms with van der Waals surface area (Å²) in [7, 11) is -4.37. The predicted octanol–water partition coefficient (Wildman–Crippen LogP) is 3.15. The summed E-state index contributed by atoms with van der Waals surface area (Å²) < 4.78 is 69.5. The van der Waals surface area contributed by atoms with Crippen LogP contribution in [-0.4, -0.2) is 58.8 Å². The third kappa shape index (κ3) is 5.69. The predicted molar refractivity (Wildman–Crippen MR) is 134 cm³/mol. The van der Waals surface area contributed by atoms with Crippen molar-refractivity contribution in [2.24, 2.45) is 0 Å². The molecule has 4 rings (SSSR count). The van der Waals surface area contributed by atoms with E-state index in [4.69, 9.17) is 16.8 Å². The minimum atomic E-state index is -4.53. The van der Waals surface area contributed by atoms with E-state index in [0.717, 1.165) is 45.8 Å². The van der Waals surface area contributed by atoms with Crippen molar-refractivity contribution in [2.75, 3.05) is 29.1 Å². The number of hydrogen-bond donors (Lipinski definition) is 2. The molecule has 0 spiro atoms. The zero-order valence-electron chi connectivity index (χ0n) is 18.5. The molecule has 2 aromatic carbocycles. The monoisotopic (exact) mass is 571 g/mol. The van der Waals surface area contributed by atoms with Crippen LogP contribution in [0.3, 0.4) is 0 Å². The maximum absolute atomic E-state index is 13.4. The molecule has 0 aromatic heterocycles. The van der Waals surface area contributed by atoms with Crippen LogP contribution in [0.1, 0.15) is 11.1 Å². The Kier molecular flexibility index (Phi) is 7.16. The number of hydrogen-bond acceptors (Lipinski definition) is 7. The molecule has 9 nitrogen and oxygen atoms in total. The van der Waals surface area contributed by atoms with Crippen LogP contribution in [0.4, 0.5) is 24.5 Å². The number of fused-ring (bicyclic) bond motifs is 1. The van der Waals surface area contributed by atoms with E-state index in [1.54, 1.807) is 24.3 Å². The van der Waals surface area contributed by atoms with Gasteiger partial charge in [-0.05, 0) is 30.3 Å². The van der Waals surface area contributed by atoms with E-state index in [1.807, 2.05) is 0 Å². The lowest BCUT2D eigenvalue weighted by Crippen LogP contribution is -2.36. The molecule has 0 radical (unpaired) electrons. The van der Waals surface area contributed by atoms with Crippen molar-refractivity contribution in [1.29, 1.82) is 0 Å². The highest BCUT2D eigenvalue weighted by Crippen LogP contribution is 2.44. The van der Waals surface area contributed by atoms with Crippen molar-refractivity contribution in [3.63, 3.8) is 0 Å². The number of nitrogens with zero attached hydrogens (tertiary/aromatic N) is 2. The van der Waals surface area contributed by atoms with E-state index in [9.17, 15) is 36.0 Å². The molecule has 0 atom stereocenters. The molecule has 194 valence electrons. The maximum Gasteiger partial charge on any atom is 0.416 e. The lowest BCUT2D eigenvalue weighted by Gasteiger charge is -2.17. The summed E-state index contributed by atoms with van der Waals surface area (Å²) in [6, 6.07) is 10.2. The fourth-order valence-corrected chi connectivity index (χ4v) is 5.49. The van der Waals surface area contributed by atoms with Crippen LogP contribution in [0, 0.1) is 0 Å². The van der Waals surface area contributed by atoms with Gasteiger partial charge in [-0.1, -0.05) is 42.2 Å². The third-order valence-corrected chi connectivity index (χ3v) is 7.52. The molecule has 2 aromatic rings.